The number of ketones is 1. The van der Waals surface area contributed by atoms with Gasteiger partial charge in [0.25, 0.3) is 0 Å². The monoisotopic (exact) mass is 384 g/mol. The molecule has 0 amide bonds. The van der Waals surface area contributed by atoms with Crippen LogP contribution in [0, 0.1) is 16.7 Å². The number of ether oxygens (including phenoxy) is 4. The zero-order valence-electron chi connectivity index (χ0n) is 16.7. The molecule has 1 aromatic rings. The predicted molar refractivity (Wildman–Crippen MR) is 102 cm³/mol. The van der Waals surface area contributed by atoms with Crippen LogP contribution < -0.4 is 19.9 Å². The molecule has 1 aliphatic heterocycles. The Hall–Kier alpha value is -3.14. The van der Waals surface area contributed by atoms with E-state index in [-0.39, 0.29) is 22.7 Å². The van der Waals surface area contributed by atoms with Gasteiger partial charge in [0.1, 0.15) is 23.2 Å². The van der Waals surface area contributed by atoms with E-state index < -0.39 is 5.92 Å². The zero-order valence-corrected chi connectivity index (χ0v) is 16.7. The number of hydrogen-bond acceptors (Lipinski definition) is 7. The number of hydrogen-bond donors (Lipinski definition) is 1. The first-order valence-electron chi connectivity index (χ1n) is 8.90. The summed E-state index contributed by atoms with van der Waals surface area (Å²) in [7, 11) is 4.56. The van der Waals surface area contributed by atoms with Gasteiger partial charge >= 0.3 is 0 Å². The van der Waals surface area contributed by atoms with Crippen LogP contribution in [-0.4, -0.2) is 27.1 Å². The fourth-order valence-corrected chi connectivity index (χ4v) is 3.87. The number of methoxy groups -OCH3 is 3. The van der Waals surface area contributed by atoms with Crippen molar-refractivity contribution in [2.75, 3.05) is 21.3 Å². The fraction of sp³-hybridized carbons (Fsp3) is 0.429. The second-order valence-electron chi connectivity index (χ2n) is 7.65. The van der Waals surface area contributed by atoms with Crippen molar-refractivity contribution in [1.82, 2.24) is 0 Å². The predicted octanol–water partition coefficient (Wildman–Crippen LogP) is 3.16. The molecule has 0 saturated heterocycles. The van der Waals surface area contributed by atoms with Crippen molar-refractivity contribution in [3.05, 3.63) is 40.5 Å². The summed E-state index contributed by atoms with van der Waals surface area (Å²) in [6.07, 6.45) is 0.916. The summed E-state index contributed by atoms with van der Waals surface area (Å²) in [4.78, 5) is 13.1. The SMILES string of the molecule is COc1cc(OC)c([C@H]2C(C#N)=C(N)OC3=C2C(=O)CC(C)(C)C3)cc1OC. The van der Waals surface area contributed by atoms with E-state index >= 15 is 0 Å². The van der Waals surface area contributed by atoms with Crippen molar-refractivity contribution in [3.8, 4) is 23.3 Å². The molecule has 0 aromatic heterocycles. The van der Waals surface area contributed by atoms with Crippen LogP contribution in [0.15, 0.2) is 34.9 Å². The Morgan fingerprint density at radius 2 is 1.71 bits per heavy atom. The van der Waals surface area contributed by atoms with Crippen LogP contribution in [0.5, 0.6) is 17.2 Å². The molecule has 148 valence electrons. The van der Waals surface area contributed by atoms with Crippen LogP contribution >= 0.6 is 0 Å². The van der Waals surface area contributed by atoms with E-state index in [1.54, 1.807) is 12.1 Å². The van der Waals surface area contributed by atoms with Gasteiger partial charge in [0.05, 0.1) is 27.2 Å². The molecule has 1 aromatic carbocycles. The van der Waals surface area contributed by atoms with Crippen LogP contribution in [-0.2, 0) is 9.53 Å². The Balaban J connectivity index is 2.28. The summed E-state index contributed by atoms with van der Waals surface area (Å²) in [5, 5.41) is 9.76. The molecule has 3 rings (SSSR count). The molecule has 0 spiro atoms. The number of allylic oxidation sites excluding steroid dienone is 3. The molecule has 0 bridgehead atoms. The third-order valence-corrected chi connectivity index (χ3v) is 5.12. The highest BCUT2D eigenvalue weighted by Crippen LogP contribution is 2.51. The number of benzene rings is 1. The minimum Gasteiger partial charge on any atom is -0.496 e. The van der Waals surface area contributed by atoms with Crippen molar-refractivity contribution in [3.63, 3.8) is 0 Å². The smallest absolute Gasteiger partial charge is 0.205 e. The number of Topliss-reactive ketones (excluding diaryl/α,β-unsaturated/α-hetero) is 1. The average molecular weight is 384 g/mol. The molecular formula is C21H24N2O5. The normalized spacial score (nSPS) is 20.9. The Kier molecular flexibility index (Phi) is 4.99. The van der Waals surface area contributed by atoms with Crippen LogP contribution in [0.25, 0.3) is 0 Å². The van der Waals surface area contributed by atoms with Crippen LogP contribution in [0.1, 0.15) is 38.2 Å². The topological polar surface area (TPSA) is 104 Å². The quantitative estimate of drug-likeness (QED) is 0.850. The molecule has 28 heavy (non-hydrogen) atoms. The van der Waals surface area contributed by atoms with Gasteiger partial charge in [0, 0.05) is 30.0 Å². The second-order valence-corrected chi connectivity index (χ2v) is 7.65. The highest BCUT2D eigenvalue weighted by atomic mass is 16.5. The second kappa shape index (κ2) is 7.12. The Bertz CT molecular complexity index is 937. The lowest BCUT2D eigenvalue weighted by Gasteiger charge is -2.37. The molecule has 2 aliphatic rings. The molecule has 2 N–H and O–H groups in total. The molecule has 1 atom stereocenters. The number of rotatable bonds is 4. The molecule has 0 fully saturated rings. The van der Waals surface area contributed by atoms with Crippen LogP contribution in [0.4, 0.5) is 0 Å². The Morgan fingerprint density at radius 3 is 2.29 bits per heavy atom. The molecule has 0 saturated carbocycles. The summed E-state index contributed by atoms with van der Waals surface area (Å²) in [6.45, 7) is 4.01. The first kappa shape index (κ1) is 19.6. The van der Waals surface area contributed by atoms with Gasteiger partial charge in [-0.1, -0.05) is 13.8 Å². The van der Waals surface area contributed by atoms with Crippen molar-refractivity contribution in [1.29, 1.82) is 5.26 Å². The first-order valence-corrected chi connectivity index (χ1v) is 8.90. The maximum atomic E-state index is 13.1. The van der Waals surface area contributed by atoms with E-state index in [0.717, 1.165) is 0 Å². The maximum Gasteiger partial charge on any atom is 0.205 e. The van der Waals surface area contributed by atoms with Gasteiger partial charge in [-0.15, -0.1) is 0 Å². The van der Waals surface area contributed by atoms with Gasteiger partial charge in [-0.05, 0) is 11.5 Å². The molecule has 0 radical (unpaired) electrons. The molecule has 7 nitrogen and oxygen atoms in total. The third kappa shape index (κ3) is 3.15. The lowest BCUT2D eigenvalue weighted by Crippen LogP contribution is -2.33. The number of carbonyl (C=O) groups is 1. The lowest BCUT2D eigenvalue weighted by molar-refractivity contribution is -0.119. The van der Waals surface area contributed by atoms with E-state index in [1.807, 2.05) is 13.8 Å². The third-order valence-electron chi connectivity index (χ3n) is 5.12. The Morgan fingerprint density at radius 1 is 1.11 bits per heavy atom. The number of nitriles is 1. The lowest BCUT2D eigenvalue weighted by atomic mass is 9.70. The minimum atomic E-state index is -0.688. The Labute approximate surface area is 164 Å². The van der Waals surface area contributed by atoms with Crippen LogP contribution in [0.2, 0.25) is 0 Å². The maximum absolute atomic E-state index is 13.1. The molecule has 1 heterocycles. The summed E-state index contributed by atoms with van der Waals surface area (Å²) >= 11 is 0. The largest absolute Gasteiger partial charge is 0.496 e. The van der Waals surface area contributed by atoms with Gasteiger partial charge in [-0.2, -0.15) is 5.26 Å². The minimum absolute atomic E-state index is 0.00795. The summed E-state index contributed by atoms with van der Waals surface area (Å²) in [5.41, 5.74) is 7.06. The van der Waals surface area contributed by atoms with E-state index in [4.69, 9.17) is 24.7 Å². The van der Waals surface area contributed by atoms with Gasteiger partial charge in [0.15, 0.2) is 17.3 Å². The summed E-state index contributed by atoms with van der Waals surface area (Å²) in [5.74, 6) is 1.19. The summed E-state index contributed by atoms with van der Waals surface area (Å²) in [6, 6.07) is 5.50. The highest BCUT2D eigenvalue weighted by molar-refractivity contribution is 6.00. The van der Waals surface area contributed by atoms with E-state index in [1.165, 1.54) is 21.3 Å². The molecule has 7 heteroatoms. The molecule has 1 aliphatic carbocycles. The van der Waals surface area contributed by atoms with Gasteiger partial charge in [-0.3, -0.25) is 4.79 Å². The zero-order chi connectivity index (χ0) is 20.6. The van der Waals surface area contributed by atoms with Gasteiger partial charge < -0.3 is 24.7 Å². The van der Waals surface area contributed by atoms with Crippen molar-refractivity contribution in [2.24, 2.45) is 11.1 Å². The van der Waals surface area contributed by atoms with Gasteiger partial charge in [-0.25, -0.2) is 0 Å². The van der Waals surface area contributed by atoms with E-state index in [9.17, 15) is 10.1 Å². The standard InChI is InChI=1S/C21H24N2O5/c1-21(2)8-13(24)19-17(9-21)28-20(23)12(10-22)18(19)11-6-15(26-4)16(27-5)7-14(11)25-3/h6-7,18H,8-9,23H2,1-5H3/t18-/m0/s1. The number of nitrogens with zero attached hydrogens (tertiary/aromatic N) is 1. The highest BCUT2D eigenvalue weighted by Gasteiger charge is 2.44. The van der Waals surface area contributed by atoms with Crippen molar-refractivity contribution in [2.45, 2.75) is 32.6 Å². The first-order chi connectivity index (χ1) is 13.3. The molecule has 0 unspecified atom stereocenters. The van der Waals surface area contributed by atoms with Gasteiger partial charge in [0.2, 0.25) is 5.88 Å². The number of nitrogens with two attached hydrogens (primary N) is 1. The van der Waals surface area contributed by atoms with Crippen LogP contribution in [0.3, 0.4) is 0 Å². The summed E-state index contributed by atoms with van der Waals surface area (Å²) < 4.78 is 22.0. The number of carbonyl (C=O) groups excluding carboxylic acids is 1. The van der Waals surface area contributed by atoms with Crippen molar-refractivity contribution >= 4 is 5.78 Å². The molecular weight excluding hydrogens is 360 g/mol. The fourth-order valence-electron chi connectivity index (χ4n) is 3.87. The average Bonchev–Trinajstić information content (AvgIpc) is 2.64. The van der Waals surface area contributed by atoms with E-state index in [0.29, 0.717) is 47.0 Å². The van der Waals surface area contributed by atoms with Crippen molar-refractivity contribution < 1.29 is 23.7 Å². The van der Waals surface area contributed by atoms with E-state index in [2.05, 4.69) is 6.07 Å².